The Morgan fingerprint density at radius 2 is 2.11 bits per heavy atom. The van der Waals surface area contributed by atoms with Crippen LogP contribution in [0.2, 0.25) is 0 Å². The monoisotopic (exact) mass is 437 g/mol. The highest BCUT2D eigenvalue weighted by Gasteiger charge is 2.12. The topological polar surface area (TPSA) is 67.4 Å². The van der Waals surface area contributed by atoms with E-state index in [1.54, 1.807) is 23.2 Å². The highest BCUT2D eigenvalue weighted by molar-refractivity contribution is 9.10. The number of halogens is 1. The maximum atomic E-state index is 5.09. The average molecular weight is 438 g/mol. The molecule has 0 bridgehead atoms. The van der Waals surface area contributed by atoms with Gasteiger partial charge in [-0.3, -0.25) is 0 Å². The Kier molecular flexibility index (Phi) is 5.16. The molecule has 0 radical (unpaired) electrons. The maximum Gasteiger partial charge on any atom is 0.172 e. The largest absolute Gasteiger partial charge is 0.472 e. The Morgan fingerprint density at radius 3 is 2.89 bits per heavy atom. The van der Waals surface area contributed by atoms with Gasteiger partial charge in [-0.25, -0.2) is 4.98 Å². The molecule has 142 valence electrons. The molecule has 0 amide bonds. The van der Waals surface area contributed by atoms with Crippen LogP contribution in [0.4, 0.5) is 5.82 Å². The minimum atomic E-state index is 0.695. The zero-order valence-corrected chi connectivity index (χ0v) is 17.0. The minimum absolute atomic E-state index is 0.695. The van der Waals surface area contributed by atoms with Crippen LogP contribution in [-0.4, -0.2) is 27.7 Å². The summed E-state index contributed by atoms with van der Waals surface area (Å²) in [5, 5.41) is 11.2. The number of furan rings is 1. The van der Waals surface area contributed by atoms with Gasteiger partial charge in [0.05, 0.1) is 28.9 Å². The lowest BCUT2D eigenvalue weighted by molar-refractivity contribution is 0.566. The molecule has 0 aliphatic carbocycles. The Hall–Kier alpha value is -3.06. The van der Waals surface area contributed by atoms with E-state index in [9.17, 15) is 0 Å². The van der Waals surface area contributed by atoms with Crippen LogP contribution in [0, 0.1) is 6.92 Å². The van der Waals surface area contributed by atoms with Gasteiger partial charge in [0, 0.05) is 36.0 Å². The highest BCUT2D eigenvalue weighted by atomic mass is 79.9. The van der Waals surface area contributed by atoms with E-state index in [-0.39, 0.29) is 0 Å². The third kappa shape index (κ3) is 3.66. The molecule has 2 N–H and O–H groups in total. The van der Waals surface area contributed by atoms with Crippen LogP contribution < -0.4 is 10.6 Å². The molecule has 0 aliphatic heterocycles. The molecule has 4 rings (SSSR count). The van der Waals surface area contributed by atoms with Crippen molar-refractivity contribution in [1.82, 2.24) is 19.9 Å². The van der Waals surface area contributed by atoms with Crippen LogP contribution in [0.5, 0.6) is 0 Å². The van der Waals surface area contributed by atoms with E-state index in [2.05, 4.69) is 57.3 Å². The second-order valence-corrected chi connectivity index (χ2v) is 7.27. The minimum Gasteiger partial charge on any atom is -0.472 e. The summed E-state index contributed by atoms with van der Waals surface area (Å²) in [7, 11) is 0. The van der Waals surface area contributed by atoms with Gasteiger partial charge in [0.1, 0.15) is 5.82 Å². The maximum absolute atomic E-state index is 5.09. The van der Waals surface area contributed by atoms with Gasteiger partial charge in [0.15, 0.2) is 5.65 Å². The molecular formula is C21H20BrN5O. The van der Waals surface area contributed by atoms with Gasteiger partial charge >= 0.3 is 0 Å². The summed E-state index contributed by atoms with van der Waals surface area (Å²) in [5.74, 6) is 0.879. The second kappa shape index (κ2) is 7.90. The fourth-order valence-corrected chi connectivity index (χ4v) is 3.35. The van der Waals surface area contributed by atoms with Crippen LogP contribution >= 0.6 is 15.9 Å². The van der Waals surface area contributed by atoms with Gasteiger partial charge in [-0.15, -0.1) is 0 Å². The number of fused-ring (bicyclic) bond motifs is 1. The molecule has 0 unspecified atom stereocenters. The standard InChI is InChI=1S/C21H20BrN5O/c1-14-5-3-4-6-17(14)19-11-20(27-21(26-19)18(22)12-25-27)24-9-8-23-15(2)16-7-10-28-13-16/h3-7,10-13,23-24H,2,8-9H2,1H3. The number of anilines is 1. The van der Waals surface area contributed by atoms with Gasteiger partial charge < -0.3 is 15.1 Å². The first-order valence-electron chi connectivity index (χ1n) is 8.93. The van der Waals surface area contributed by atoms with Crippen molar-refractivity contribution < 1.29 is 4.42 Å². The van der Waals surface area contributed by atoms with E-state index in [1.165, 1.54) is 5.56 Å². The van der Waals surface area contributed by atoms with E-state index in [0.717, 1.165) is 38.5 Å². The molecule has 3 aromatic heterocycles. The van der Waals surface area contributed by atoms with Gasteiger partial charge in [-0.1, -0.05) is 30.8 Å². The summed E-state index contributed by atoms with van der Waals surface area (Å²) >= 11 is 3.54. The Labute approximate surface area is 171 Å². The number of hydrogen-bond donors (Lipinski definition) is 2. The zero-order chi connectivity index (χ0) is 19.5. The van der Waals surface area contributed by atoms with E-state index in [0.29, 0.717) is 13.1 Å². The van der Waals surface area contributed by atoms with Crippen molar-refractivity contribution in [2.45, 2.75) is 6.92 Å². The predicted octanol–water partition coefficient (Wildman–Crippen LogP) is 4.73. The number of nitrogens with zero attached hydrogens (tertiary/aromatic N) is 3. The SMILES string of the molecule is C=C(NCCNc1cc(-c2ccccc2C)nc2c(Br)cnn12)c1ccoc1. The fourth-order valence-electron chi connectivity index (χ4n) is 3.00. The molecule has 0 saturated carbocycles. The van der Waals surface area contributed by atoms with Crippen molar-refractivity contribution in [3.8, 4) is 11.3 Å². The lowest BCUT2D eigenvalue weighted by Crippen LogP contribution is -2.21. The summed E-state index contributed by atoms with van der Waals surface area (Å²) in [6.07, 6.45) is 5.07. The molecule has 0 spiro atoms. The number of benzene rings is 1. The normalized spacial score (nSPS) is 10.9. The first kappa shape index (κ1) is 18.3. The summed E-state index contributed by atoms with van der Waals surface area (Å²) < 4.78 is 7.75. The van der Waals surface area contributed by atoms with E-state index in [4.69, 9.17) is 9.40 Å². The van der Waals surface area contributed by atoms with Crippen molar-refractivity contribution in [1.29, 1.82) is 0 Å². The summed E-state index contributed by atoms with van der Waals surface area (Å²) in [6, 6.07) is 12.1. The number of hydrogen-bond acceptors (Lipinski definition) is 5. The molecule has 0 saturated heterocycles. The molecular weight excluding hydrogens is 418 g/mol. The number of rotatable bonds is 7. The summed E-state index contributed by atoms with van der Waals surface area (Å²) in [5.41, 5.74) is 5.75. The van der Waals surface area contributed by atoms with E-state index in [1.807, 2.05) is 24.3 Å². The van der Waals surface area contributed by atoms with Crippen molar-refractivity contribution >= 4 is 33.1 Å². The Morgan fingerprint density at radius 1 is 1.25 bits per heavy atom. The number of aryl methyl sites for hydroxylation is 1. The number of aromatic nitrogens is 3. The van der Waals surface area contributed by atoms with E-state index < -0.39 is 0 Å². The molecule has 4 aromatic rings. The molecule has 1 aromatic carbocycles. The molecule has 0 fully saturated rings. The molecule has 7 heteroatoms. The van der Waals surface area contributed by atoms with E-state index >= 15 is 0 Å². The zero-order valence-electron chi connectivity index (χ0n) is 15.4. The smallest absolute Gasteiger partial charge is 0.172 e. The molecule has 6 nitrogen and oxygen atoms in total. The van der Waals surface area contributed by atoms with Crippen molar-refractivity contribution in [2.24, 2.45) is 0 Å². The van der Waals surface area contributed by atoms with Gasteiger partial charge in [-0.05, 0) is 34.5 Å². The quantitative estimate of drug-likeness (QED) is 0.409. The molecule has 28 heavy (non-hydrogen) atoms. The number of nitrogens with one attached hydrogen (secondary N) is 2. The third-order valence-corrected chi connectivity index (χ3v) is 5.05. The van der Waals surface area contributed by atoms with Gasteiger partial charge in [-0.2, -0.15) is 9.61 Å². The average Bonchev–Trinajstić information content (AvgIpc) is 3.36. The molecule has 0 aliphatic rings. The first-order chi connectivity index (χ1) is 13.6. The Balaban J connectivity index is 1.54. The van der Waals surface area contributed by atoms with Crippen LogP contribution in [0.3, 0.4) is 0 Å². The van der Waals surface area contributed by atoms with Crippen molar-refractivity contribution in [2.75, 3.05) is 18.4 Å². The summed E-state index contributed by atoms with van der Waals surface area (Å²) in [6.45, 7) is 7.51. The predicted molar refractivity (Wildman–Crippen MR) is 115 cm³/mol. The van der Waals surface area contributed by atoms with Crippen LogP contribution in [0.25, 0.3) is 22.6 Å². The van der Waals surface area contributed by atoms with Crippen molar-refractivity contribution in [3.63, 3.8) is 0 Å². The highest BCUT2D eigenvalue weighted by Crippen LogP contribution is 2.27. The lowest BCUT2D eigenvalue weighted by Gasteiger charge is -2.13. The fraction of sp³-hybridized carbons (Fsp3) is 0.143. The van der Waals surface area contributed by atoms with Crippen molar-refractivity contribution in [3.05, 3.63) is 77.3 Å². The first-order valence-corrected chi connectivity index (χ1v) is 9.72. The molecule has 0 atom stereocenters. The van der Waals surface area contributed by atoms with Crippen LogP contribution in [0.15, 0.2) is 70.6 Å². The summed E-state index contributed by atoms with van der Waals surface area (Å²) in [4.78, 5) is 4.79. The lowest BCUT2D eigenvalue weighted by atomic mass is 10.1. The van der Waals surface area contributed by atoms with Gasteiger partial charge in [0.2, 0.25) is 0 Å². The third-order valence-electron chi connectivity index (χ3n) is 4.49. The second-order valence-electron chi connectivity index (χ2n) is 6.41. The Bertz CT molecular complexity index is 1120. The van der Waals surface area contributed by atoms with Crippen LogP contribution in [0.1, 0.15) is 11.1 Å². The van der Waals surface area contributed by atoms with Gasteiger partial charge in [0.25, 0.3) is 0 Å². The van der Waals surface area contributed by atoms with Crippen LogP contribution in [-0.2, 0) is 0 Å². The molecule has 3 heterocycles.